The predicted octanol–water partition coefficient (Wildman–Crippen LogP) is -0.0975. The highest BCUT2D eigenvalue weighted by molar-refractivity contribution is 5.75. The van der Waals surface area contributed by atoms with E-state index in [-0.39, 0.29) is 0 Å². The second-order valence-corrected chi connectivity index (χ2v) is 4.44. The first-order valence-corrected chi connectivity index (χ1v) is 6.04. The van der Waals surface area contributed by atoms with Crippen molar-refractivity contribution in [3.05, 3.63) is 0 Å². The lowest BCUT2D eigenvalue weighted by atomic mass is 10.1. The number of nitrogens with one attached hydrogen (secondary N) is 1. The number of amides is 1. The van der Waals surface area contributed by atoms with Crippen molar-refractivity contribution >= 4 is 5.91 Å². The van der Waals surface area contributed by atoms with Gasteiger partial charge in [-0.15, -0.1) is 0 Å². The van der Waals surface area contributed by atoms with Crippen LogP contribution in [-0.2, 0) is 4.79 Å². The Labute approximate surface area is 91.6 Å². The molecule has 1 N–H and O–H groups in total. The summed E-state index contributed by atoms with van der Waals surface area (Å²) in [6, 6.07) is 0.724. The molecule has 2 saturated heterocycles. The standard InChI is InChI=1S/C11H21N3O/c1-2-11(15)14-5-3-4-13(6-7-14)10-8-12-9-10/h10,12H,2-9H2,1H3. The second kappa shape index (κ2) is 4.94. The van der Waals surface area contributed by atoms with Gasteiger partial charge in [-0.3, -0.25) is 9.69 Å². The number of hydrogen-bond acceptors (Lipinski definition) is 3. The smallest absolute Gasteiger partial charge is 0.222 e. The van der Waals surface area contributed by atoms with Gasteiger partial charge >= 0.3 is 0 Å². The lowest BCUT2D eigenvalue weighted by Gasteiger charge is -2.37. The average molecular weight is 211 g/mol. The molecular formula is C11H21N3O. The van der Waals surface area contributed by atoms with Crippen LogP contribution in [0.5, 0.6) is 0 Å². The van der Waals surface area contributed by atoms with Gasteiger partial charge in [-0.05, 0) is 6.42 Å². The molecule has 1 amide bonds. The molecule has 0 unspecified atom stereocenters. The molecule has 0 aromatic rings. The number of nitrogens with zero attached hydrogens (tertiary/aromatic N) is 2. The Bertz CT molecular complexity index is 228. The minimum Gasteiger partial charge on any atom is -0.341 e. The van der Waals surface area contributed by atoms with Crippen LogP contribution in [0.3, 0.4) is 0 Å². The molecule has 0 saturated carbocycles. The minimum absolute atomic E-state index is 0.309. The van der Waals surface area contributed by atoms with E-state index >= 15 is 0 Å². The van der Waals surface area contributed by atoms with Crippen molar-refractivity contribution in [1.82, 2.24) is 15.1 Å². The fourth-order valence-electron chi connectivity index (χ4n) is 2.31. The topological polar surface area (TPSA) is 35.6 Å². The van der Waals surface area contributed by atoms with Crippen LogP contribution in [0, 0.1) is 0 Å². The van der Waals surface area contributed by atoms with Crippen molar-refractivity contribution in [2.24, 2.45) is 0 Å². The Morgan fingerprint density at radius 1 is 1.27 bits per heavy atom. The lowest BCUT2D eigenvalue weighted by Crippen LogP contribution is -2.57. The molecule has 0 bridgehead atoms. The van der Waals surface area contributed by atoms with Crippen molar-refractivity contribution < 1.29 is 4.79 Å². The molecule has 2 heterocycles. The van der Waals surface area contributed by atoms with E-state index in [1.165, 1.54) is 0 Å². The summed E-state index contributed by atoms with van der Waals surface area (Å²) < 4.78 is 0. The first-order chi connectivity index (χ1) is 7.31. The average Bonchev–Trinajstić information content (AvgIpc) is 2.40. The summed E-state index contributed by atoms with van der Waals surface area (Å²) in [5.74, 6) is 0.309. The number of carbonyl (C=O) groups excluding carboxylic acids is 1. The molecule has 15 heavy (non-hydrogen) atoms. The highest BCUT2D eigenvalue weighted by Gasteiger charge is 2.26. The van der Waals surface area contributed by atoms with Crippen molar-refractivity contribution in [2.75, 3.05) is 39.3 Å². The van der Waals surface area contributed by atoms with Crippen LogP contribution in [0.25, 0.3) is 0 Å². The van der Waals surface area contributed by atoms with Gasteiger partial charge in [0.25, 0.3) is 0 Å². The summed E-state index contributed by atoms with van der Waals surface area (Å²) in [5, 5.41) is 3.30. The monoisotopic (exact) mass is 211 g/mol. The van der Waals surface area contributed by atoms with E-state index in [0.717, 1.165) is 51.7 Å². The van der Waals surface area contributed by atoms with Gasteiger partial charge in [0.2, 0.25) is 5.91 Å². The van der Waals surface area contributed by atoms with E-state index < -0.39 is 0 Å². The molecule has 0 aromatic heterocycles. The van der Waals surface area contributed by atoms with Gasteiger partial charge in [-0.25, -0.2) is 0 Å². The highest BCUT2D eigenvalue weighted by atomic mass is 16.2. The van der Waals surface area contributed by atoms with Gasteiger partial charge < -0.3 is 10.2 Å². The maximum atomic E-state index is 11.6. The van der Waals surface area contributed by atoms with Crippen LogP contribution in [0.1, 0.15) is 19.8 Å². The molecule has 2 aliphatic rings. The Hall–Kier alpha value is -0.610. The molecule has 0 atom stereocenters. The van der Waals surface area contributed by atoms with E-state index in [1.807, 2.05) is 11.8 Å². The Morgan fingerprint density at radius 2 is 2.07 bits per heavy atom. The van der Waals surface area contributed by atoms with Crippen LogP contribution >= 0.6 is 0 Å². The third kappa shape index (κ3) is 2.49. The third-order valence-electron chi connectivity index (χ3n) is 3.46. The van der Waals surface area contributed by atoms with E-state index in [1.54, 1.807) is 0 Å². The predicted molar refractivity (Wildman–Crippen MR) is 59.7 cm³/mol. The third-order valence-corrected chi connectivity index (χ3v) is 3.46. The zero-order valence-corrected chi connectivity index (χ0v) is 9.54. The van der Waals surface area contributed by atoms with Gasteiger partial charge in [-0.2, -0.15) is 0 Å². The van der Waals surface area contributed by atoms with Crippen molar-refractivity contribution in [2.45, 2.75) is 25.8 Å². The minimum atomic E-state index is 0.309. The summed E-state index contributed by atoms with van der Waals surface area (Å²) in [4.78, 5) is 16.1. The lowest BCUT2D eigenvalue weighted by molar-refractivity contribution is -0.130. The first-order valence-electron chi connectivity index (χ1n) is 6.04. The van der Waals surface area contributed by atoms with Crippen LogP contribution in [0.2, 0.25) is 0 Å². The number of rotatable bonds is 2. The van der Waals surface area contributed by atoms with Gasteiger partial charge in [0.05, 0.1) is 0 Å². The Kier molecular flexibility index (Phi) is 3.59. The largest absolute Gasteiger partial charge is 0.341 e. The van der Waals surface area contributed by atoms with Gasteiger partial charge in [-0.1, -0.05) is 6.92 Å². The molecule has 86 valence electrons. The summed E-state index contributed by atoms with van der Waals surface area (Å²) in [6.45, 7) is 8.27. The molecule has 0 radical (unpaired) electrons. The van der Waals surface area contributed by atoms with Crippen molar-refractivity contribution in [3.63, 3.8) is 0 Å². The normalized spacial score (nSPS) is 24.7. The van der Waals surface area contributed by atoms with Gasteiger partial charge in [0.15, 0.2) is 0 Å². The molecule has 2 aliphatic heterocycles. The van der Waals surface area contributed by atoms with Crippen molar-refractivity contribution in [1.29, 1.82) is 0 Å². The molecule has 2 fully saturated rings. The fourth-order valence-corrected chi connectivity index (χ4v) is 2.31. The first kappa shape index (κ1) is 10.9. The fraction of sp³-hybridized carbons (Fsp3) is 0.909. The van der Waals surface area contributed by atoms with Crippen LogP contribution < -0.4 is 5.32 Å². The van der Waals surface area contributed by atoms with Crippen LogP contribution in [-0.4, -0.2) is 61.0 Å². The number of hydrogen-bond donors (Lipinski definition) is 1. The zero-order chi connectivity index (χ0) is 10.7. The maximum Gasteiger partial charge on any atom is 0.222 e. The Morgan fingerprint density at radius 3 is 2.67 bits per heavy atom. The molecule has 2 rings (SSSR count). The molecule has 0 aromatic carbocycles. The maximum absolute atomic E-state index is 11.6. The van der Waals surface area contributed by atoms with Crippen molar-refractivity contribution in [3.8, 4) is 0 Å². The summed E-state index contributed by atoms with van der Waals surface area (Å²) in [6.07, 6.45) is 1.77. The second-order valence-electron chi connectivity index (χ2n) is 4.44. The molecule has 4 nitrogen and oxygen atoms in total. The van der Waals surface area contributed by atoms with Gasteiger partial charge in [0, 0.05) is 51.7 Å². The molecule has 0 aliphatic carbocycles. The van der Waals surface area contributed by atoms with Crippen LogP contribution in [0.15, 0.2) is 0 Å². The Balaban J connectivity index is 1.83. The van der Waals surface area contributed by atoms with E-state index in [4.69, 9.17) is 0 Å². The summed E-state index contributed by atoms with van der Waals surface area (Å²) in [5.41, 5.74) is 0. The molecular weight excluding hydrogens is 190 g/mol. The van der Waals surface area contributed by atoms with E-state index in [9.17, 15) is 4.79 Å². The molecule has 0 spiro atoms. The SMILES string of the molecule is CCC(=O)N1CCCN(C2CNC2)CC1. The summed E-state index contributed by atoms with van der Waals surface area (Å²) in [7, 11) is 0. The quantitative estimate of drug-likeness (QED) is 0.693. The zero-order valence-electron chi connectivity index (χ0n) is 9.54. The van der Waals surface area contributed by atoms with E-state index in [2.05, 4.69) is 10.2 Å². The van der Waals surface area contributed by atoms with Gasteiger partial charge in [0.1, 0.15) is 0 Å². The van der Waals surface area contributed by atoms with Crippen LogP contribution in [0.4, 0.5) is 0 Å². The summed E-state index contributed by atoms with van der Waals surface area (Å²) >= 11 is 0. The number of carbonyl (C=O) groups is 1. The highest BCUT2D eigenvalue weighted by Crippen LogP contribution is 2.10. The molecule has 4 heteroatoms. The van der Waals surface area contributed by atoms with E-state index in [0.29, 0.717) is 12.3 Å².